The second kappa shape index (κ2) is 6.87. The number of aromatic amines is 1. The number of nitrogens with two attached hydrogens (primary N) is 1. The summed E-state index contributed by atoms with van der Waals surface area (Å²) in [6.45, 7) is 1.95. The molecule has 3 N–H and O–H groups in total. The first-order chi connectivity index (χ1) is 13.6. The molecule has 3 aromatic rings. The minimum absolute atomic E-state index is 0.336. The van der Waals surface area contributed by atoms with Gasteiger partial charge in [0.15, 0.2) is 5.65 Å². The van der Waals surface area contributed by atoms with Crippen molar-refractivity contribution in [2.75, 3.05) is 18.0 Å². The van der Waals surface area contributed by atoms with Crippen molar-refractivity contribution in [2.24, 2.45) is 11.1 Å². The van der Waals surface area contributed by atoms with Crippen molar-refractivity contribution in [3.05, 3.63) is 34.4 Å². The Bertz CT molecular complexity index is 1020. The largest absolute Gasteiger partial charge is 0.355 e. The fourth-order valence-electron chi connectivity index (χ4n) is 4.76. The van der Waals surface area contributed by atoms with Crippen molar-refractivity contribution in [2.45, 2.75) is 38.1 Å². The molecule has 5 rings (SSSR count). The van der Waals surface area contributed by atoms with Crippen molar-refractivity contribution in [1.29, 1.82) is 0 Å². The first-order valence-corrected chi connectivity index (χ1v) is 10.5. The zero-order valence-electron chi connectivity index (χ0n) is 15.5. The maximum absolute atomic E-state index is 6.40. The van der Waals surface area contributed by atoms with Crippen LogP contribution >= 0.6 is 23.2 Å². The normalized spacial score (nSPS) is 21.7. The fraction of sp³-hybridized carbons (Fsp3) is 0.450. The summed E-state index contributed by atoms with van der Waals surface area (Å²) < 4.78 is 0. The predicted molar refractivity (Wildman–Crippen MR) is 113 cm³/mol. The molecule has 1 saturated heterocycles. The molecule has 1 aliphatic carbocycles. The molecule has 1 aliphatic heterocycles. The van der Waals surface area contributed by atoms with Crippen molar-refractivity contribution >= 4 is 40.2 Å². The van der Waals surface area contributed by atoms with Gasteiger partial charge in [0, 0.05) is 24.7 Å². The smallest absolute Gasteiger partial charge is 0.177 e. The number of aromatic nitrogens is 4. The Morgan fingerprint density at radius 2 is 1.96 bits per heavy atom. The van der Waals surface area contributed by atoms with Gasteiger partial charge in [-0.05, 0) is 43.2 Å². The van der Waals surface area contributed by atoms with Crippen LogP contribution in [0.2, 0.25) is 10.0 Å². The summed E-state index contributed by atoms with van der Waals surface area (Å²) >= 11 is 12.2. The van der Waals surface area contributed by atoms with Crippen LogP contribution in [-0.2, 0) is 0 Å². The molecule has 1 spiro atoms. The highest BCUT2D eigenvalue weighted by Crippen LogP contribution is 2.45. The van der Waals surface area contributed by atoms with E-state index in [2.05, 4.69) is 20.1 Å². The molecule has 28 heavy (non-hydrogen) atoms. The average Bonchev–Trinajstić information content (AvgIpc) is 3.28. The zero-order chi connectivity index (χ0) is 19.3. The SMILES string of the molecule is N[C@@H]1CCCC12CCN(c1cnc3c(-c4ccc(Cl)c(Cl)c4)n[nH]c3n1)CC2. The number of fused-ring (bicyclic) bond motifs is 1. The summed E-state index contributed by atoms with van der Waals surface area (Å²) in [4.78, 5) is 11.7. The number of nitrogens with one attached hydrogen (secondary N) is 1. The van der Waals surface area contributed by atoms with Crippen LogP contribution in [-0.4, -0.2) is 39.3 Å². The van der Waals surface area contributed by atoms with Crippen LogP contribution in [0.25, 0.3) is 22.4 Å². The number of benzene rings is 1. The molecule has 2 fully saturated rings. The Morgan fingerprint density at radius 1 is 1.14 bits per heavy atom. The van der Waals surface area contributed by atoms with Crippen LogP contribution in [0.1, 0.15) is 32.1 Å². The van der Waals surface area contributed by atoms with Crippen molar-refractivity contribution in [1.82, 2.24) is 20.2 Å². The van der Waals surface area contributed by atoms with E-state index in [1.807, 2.05) is 12.3 Å². The molecule has 8 heteroatoms. The average molecular weight is 417 g/mol. The van der Waals surface area contributed by atoms with E-state index < -0.39 is 0 Å². The summed E-state index contributed by atoms with van der Waals surface area (Å²) in [5.41, 5.74) is 9.73. The quantitative estimate of drug-likeness (QED) is 0.645. The van der Waals surface area contributed by atoms with Gasteiger partial charge in [0.05, 0.1) is 16.2 Å². The Morgan fingerprint density at radius 3 is 2.68 bits per heavy atom. The summed E-state index contributed by atoms with van der Waals surface area (Å²) in [6, 6.07) is 5.79. The van der Waals surface area contributed by atoms with E-state index in [9.17, 15) is 0 Å². The lowest BCUT2D eigenvalue weighted by molar-refractivity contribution is 0.197. The van der Waals surface area contributed by atoms with E-state index in [0.29, 0.717) is 27.1 Å². The molecule has 146 valence electrons. The van der Waals surface area contributed by atoms with Crippen LogP contribution in [0.15, 0.2) is 24.4 Å². The Balaban J connectivity index is 1.40. The van der Waals surface area contributed by atoms with Gasteiger partial charge in [-0.1, -0.05) is 35.7 Å². The van der Waals surface area contributed by atoms with E-state index in [-0.39, 0.29) is 0 Å². The highest BCUT2D eigenvalue weighted by Gasteiger charge is 2.43. The monoisotopic (exact) mass is 416 g/mol. The fourth-order valence-corrected chi connectivity index (χ4v) is 5.06. The lowest BCUT2D eigenvalue weighted by atomic mass is 9.74. The standard InChI is InChI=1S/C20H22Cl2N6/c21-13-4-3-12(10-14(13)22)17-18-19(27-26-17)25-16(11-24-18)28-8-6-20(7-9-28)5-1-2-15(20)23/h3-4,10-11,15H,1-2,5-9,23H2,(H,25,26,27)/t15-/m1/s1. The van der Waals surface area contributed by atoms with Crippen LogP contribution in [0.5, 0.6) is 0 Å². The predicted octanol–water partition coefficient (Wildman–Crippen LogP) is 4.42. The molecule has 1 saturated carbocycles. The van der Waals surface area contributed by atoms with Crippen molar-refractivity contribution in [3.63, 3.8) is 0 Å². The molecule has 1 atom stereocenters. The summed E-state index contributed by atoms with van der Waals surface area (Å²) in [5.74, 6) is 0.887. The second-order valence-electron chi connectivity index (χ2n) is 7.97. The third-order valence-electron chi connectivity index (χ3n) is 6.51. The first kappa shape index (κ1) is 18.2. The molecule has 0 unspecified atom stereocenters. The number of rotatable bonds is 2. The maximum Gasteiger partial charge on any atom is 0.177 e. The maximum atomic E-state index is 6.40. The van der Waals surface area contributed by atoms with Gasteiger partial charge in [-0.2, -0.15) is 5.10 Å². The molecule has 1 aromatic carbocycles. The van der Waals surface area contributed by atoms with E-state index in [0.717, 1.165) is 54.9 Å². The molecule has 0 bridgehead atoms. The van der Waals surface area contributed by atoms with Gasteiger partial charge < -0.3 is 10.6 Å². The first-order valence-electron chi connectivity index (χ1n) is 9.73. The minimum Gasteiger partial charge on any atom is -0.355 e. The van der Waals surface area contributed by atoms with Crippen molar-refractivity contribution < 1.29 is 0 Å². The van der Waals surface area contributed by atoms with Crippen LogP contribution < -0.4 is 10.6 Å². The van der Waals surface area contributed by atoms with Gasteiger partial charge in [-0.3, -0.25) is 5.10 Å². The Hall–Kier alpha value is -1.89. The Labute approximate surface area is 173 Å². The number of halogens is 2. The third kappa shape index (κ3) is 2.95. The highest BCUT2D eigenvalue weighted by atomic mass is 35.5. The van der Waals surface area contributed by atoms with Gasteiger partial charge in [0.2, 0.25) is 0 Å². The number of H-pyrrole nitrogens is 1. The number of piperidine rings is 1. The molecule has 2 aliphatic rings. The highest BCUT2D eigenvalue weighted by molar-refractivity contribution is 6.42. The summed E-state index contributed by atoms with van der Waals surface area (Å²) in [6.07, 6.45) is 7.79. The molecular weight excluding hydrogens is 395 g/mol. The van der Waals surface area contributed by atoms with Crippen molar-refractivity contribution in [3.8, 4) is 11.3 Å². The number of anilines is 1. The van der Waals surface area contributed by atoms with Gasteiger partial charge in [-0.15, -0.1) is 0 Å². The molecule has 3 heterocycles. The Kier molecular flexibility index (Phi) is 4.45. The van der Waals surface area contributed by atoms with Crippen LogP contribution in [0.3, 0.4) is 0 Å². The van der Waals surface area contributed by atoms with E-state index >= 15 is 0 Å². The third-order valence-corrected chi connectivity index (χ3v) is 7.25. The summed E-state index contributed by atoms with van der Waals surface area (Å²) in [7, 11) is 0. The van der Waals surface area contributed by atoms with Crippen LogP contribution in [0, 0.1) is 5.41 Å². The van der Waals surface area contributed by atoms with Crippen LogP contribution in [0.4, 0.5) is 5.82 Å². The molecular formula is C20H22Cl2N6. The molecule has 0 radical (unpaired) electrons. The van der Waals surface area contributed by atoms with E-state index in [1.54, 1.807) is 12.1 Å². The number of hydrogen-bond donors (Lipinski definition) is 2. The lowest BCUT2D eigenvalue weighted by Gasteiger charge is -2.42. The number of hydrogen-bond acceptors (Lipinski definition) is 5. The van der Waals surface area contributed by atoms with E-state index in [1.165, 1.54) is 12.8 Å². The molecule has 6 nitrogen and oxygen atoms in total. The molecule has 2 aromatic heterocycles. The van der Waals surface area contributed by atoms with Gasteiger partial charge in [0.1, 0.15) is 17.0 Å². The second-order valence-corrected chi connectivity index (χ2v) is 8.79. The number of nitrogens with zero attached hydrogens (tertiary/aromatic N) is 4. The topological polar surface area (TPSA) is 83.7 Å². The lowest BCUT2D eigenvalue weighted by Crippen LogP contribution is -2.47. The zero-order valence-corrected chi connectivity index (χ0v) is 17.0. The van der Waals surface area contributed by atoms with Gasteiger partial charge in [0.25, 0.3) is 0 Å². The molecule has 0 amide bonds. The van der Waals surface area contributed by atoms with Gasteiger partial charge >= 0.3 is 0 Å². The van der Waals surface area contributed by atoms with Gasteiger partial charge in [-0.25, -0.2) is 9.97 Å². The summed E-state index contributed by atoms with van der Waals surface area (Å²) in [5, 5.41) is 8.42. The van der Waals surface area contributed by atoms with E-state index in [4.69, 9.17) is 33.9 Å². The minimum atomic E-state index is 0.336.